The first-order chi connectivity index (χ1) is 40.2. The first-order valence-electron chi connectivity index (χ1n) is 26.8. The summed E-state index contributed by atoms with van der Waals surface area (Å²) in [7, 11) is 0. The molecule has 462 valence electrons. The summed E-state index contributed by atoms with van der Waals surface area (Å²) in [6, 6.07) is 2.28. The van der Waals surface area contributed by atoms with Crippen molar-refractivity contribution >= 4 is 75.9 Å². The molecule has 3 aromatic carbocycles. The Labute approximate surface area is 486 Å². The van der Waals surface area contributed by atoms with Gasteiger partial charge in [-0.25, -0.2) is 4.79 Å². The van der Waals surface area contributed by atoms with Crippen molar-refractivity contribution in [3.05, 3.63) is 95.7 Å². The van der Waals surface area contributed by atoms with Gasteiger partial charge in [-0.3, -0.25) is 47.9 Å². The predicted octanol–water partition coefficient (Wildman–Crippen LogP) is -5.32. The number of aliphatic carboxylic acids is 1. The third kappa shape index (κ3) is 20.6. The van der Waals surface area contributed by atoms with Crippen molar-refractivity contribution in [1.29, 1.82) is 0 Å². The van der Waals surface area contributed by atoms with Crippen molar-refractivity contribution < 1.29 is 88.5 Å². The molecule has 0 radical (unpaired) electrons. The summed E-state index contributed by atoms with van der Waals surface area (Å²) >= 11 is 0. The minimum absolute atomic E-state index is 0.150. The zero-order valence-corrected chi connectivity index (χ0v) is 46.9. The van der Waals surface area contributed by atoms with Gasteiger partial charge in [0.2, 0.25) is 59.1 Å². The van der Waals surface area contributed by atoms with E-state index in [0.29, 0.717) is 27.6 Å². The standard InChI is InChI=1S/C55H74N12O18/c1-5-26(2)44(65-52(81)41(25-69)63-49(78)39(21-42(57)74)59-43(75)22-56)53(82)66-45(27(3)70)54(83)64-40(24-68)51(80)61-37(19-30-12-16-33(73)17-13-30)47(76)60-36(18-29-10-14-32(72)15-11-29)48(77)62-38(50(79)67-46(28(4)71)55(84)85)20-31-23-58-35-9-7-6-8-34(31)35/h6-17,23,26-28,36-41,44-46,58,68-73H,5,18-22,24-25,56H2,1-4H3,(H2,57,74)(H,59,75)(H,60,76)(H,61,80)(H,62,77)(H,63,78)(H,64,83)(H,65,81)(H,66,82)(H,67,79)(H,84,85)/t26-,27+,28+,36-,37-,38-,39-,40-,41-,44-,45-,46-/m0/s1. The average molecular weight is 1190 g/mol. The number of nitrogens with one attached hydrogen (secondary N) is 10. The molecule has 30 heteroatoms. The fourth-order valence-electron chi connectivity index (χ4n) is 8.53. The van der Waals surface area contributed by atoms with Crippen molar-refractivity contribution in [2.24, 2.45) is 17.4 Å². The van der Waals surface area contributed by atoms with Gasteiger partial charge in [0.15, 0.2) is 6.04 Å². The Balaban J connectivity index is 1.62. The maximum atomic E-state index is 14.6. The Hall–Kier alpha value is -9.23. The molecule has 1 heterocycles. The number of aliphatic hydroxyl groups is 4. The number of nitrogens with two attached hydrogens (primary N) is 2. The van der Waals surface area contributed by atoms with Gasteiger partial charge in [0.25, 0.3) is 0 Å². The van der Waals surface area contributed by atoms with Gasteiger partial charge in [-0.1, -0.05) is 62.7 Å². The first-order valence-corrected chi connectivity index (χ1v) is 26.8. The maximum Gasteiger partial charge on any atom is 0.328 e. The van der Waals surface area contributed by atoms with Crippen LogP contribution in [0.5, 0.6) is 11.5 Å². The fourth-order valence-corrected chi connectivity index (χ4v) is 8.53. The Morgan fingerprint density at radius 1 is 0.506 bits per heavy atom. The largest absolute Gasteiger partial charge is 0.508 e. The predicted molar refractivity (Wildman–Crippen MR) is 300 cm³/mol. The Bertz CT molecular complexity index is 2990. The van der Waals surface area contributed by atoms with Gasteiger partial charge >= 0.3 is 5.97 Å². The van der Waals surface area contributed by atoms with E-state index in [9.17, 15) is 88.5 Å². The molecule has 4 rings (SSSR count). The van der Waals surface area contributed by atoms with Gasteiger partial charge in [-0.15, -0.1) is 0 Å². The molecule has 30 nitrogen and oxygen atoms in total. The number of phenols is 2. The second-order valence-electron chi connectivity index (χ2n) is 20.1. The molecule has 0 aliphatic carbocycles. The number of rotatable bonds is 33. The van der Waals surface area contributed by atoms with Crippen LogP contribution in [-0.4, -0.2) is 192 Å². The Morgan fingerprint density at radius 3 is 1.36 bits per heavy atom. The van der Waals surface area contributed by atoms with Gasteiger partial charge in [-0.2, -0.15) is 0 Å². The van der Waals surface area contributed by atoms with E-state index in [1.54, 1.807) is 37.4 Å². The first kappa shape index (κ1) is 68.3. The van der Waals surface area contributed by atoms with Crippen LogP contribution in [0.1, 0.15) is 57.2 Å². The minimum atomic E-state index is -1.94. The van der Waals surface area contributed by atoms with Gasteiger partial charge < -0.3 is 100 Å². The van der Waals surface area contributed by atoms with E-state index in [1.807, 2.05) is 0 Å². The molecule has 0 saturated carbocycles. The second-order valence-corrected chi connectivity index (χ2v) is 20.1. The van der Waals surface area contributed by atoms with Gasteiger partial charge in [0.1, 0.15) is 59.8 Å². The van der Waals surface area contributed by atoms with E-state index in [-0.39, 0.29) is 37.2 Å². The molecule has 0 aliphatic rings. The van der Waals surface area contributed by atoms with Crippen molar-refractivity contribution in [3.8, 4) is 11.5 Å². The Morgan fingerprint density at radius 2 is 0.906 bits per heavy atom. The SMILES string of the molecule is CC[C@H](C)[C@H](NC(=O)[C@H](CO)NC(=O)[C@H](CC(N)=O)NC(=O)CN)C(=O)N[C@H](C(=O)N[C@@H](CO)C(=O)N[C@@H](Cc1ccc(O)cc1)C(=O)N[C@@H](Cc1ccc(O)cc1)C(=O)N[C@@H](Cc1c[nH]c2ccccc12)C(=O)N[C@H](C(=O)O)[C@@H](C)O)[C@@H](C)O. The number of para-hydroxylation sites is 1. The van der Waals surface area contributed by atoms with Crippen molar-refractivity contribution in [3.63, 3.8) is 0 Å². The summed E-state index contributed by atoms with van der Waals surface area (Å²) < 4.78 is 0. The van der Waals surface area contributed by atoms with E-state index in [1.165, 1.54) is 55.5 Å². The lowest BCUT2D eigenvalue weighted by Crippen LogP contribution is -2.63. The highest BCUT2D eigenvalue weighted by molar-refractivity contribution is 5.99. The number of fused-ring (bicyclic) bond motifs is 1. The maximum absolute atomic E-state index is 14.6. The lowest BCUT2D eigenvalue weighted by Gasteiger charge is -2.30. The van der Waals surface area contributed by atoms with Crippen molar-refractivity contribution in [2.45, 2.75) is 126 Å². The molecule has 0 aliphatic heterocycles. The molecule has 0 saturated heterocycles. The molecule has 0 spiro atoms. The lowest BCUT2D eigenvalue weighted by atomic mass is 9.97. The number of carbonyl (C=O) groups is 11. The minimum Gasteiger partial charge on any atom is -0.508 e. The highest BCUT2D eigenvalue weighted by Crippen LogP contribution is 2.21. The van der Waals surface area contributed by atoms with Gasteiger partial charge in [-0.05, 0) is 66.8 Å². The van der Waals surface area contributed by atoms with Crippen LogP contribution in [0.15, 0.2) is 79.0 Å². The molecule has 0 bridgehead atoms. The third-order valence-electron chi connectivity index (χ3n) is 13.5. The number of aromatic nitrogens is 1. The molecule has 0 unspecified atom stereocenters. The smallest absolute Gasteiger partial charge is 0.328 e. The number of amides is 10. The number of aromatic amines is 1. The number of H-pyrrole nitrogens is 1. The van der Waals surface area contributed by atoms with E-state index in [0.717, 1.165) is 13.8 Å². The van der Waals surface area contributed by atoms with Crippen LogP contribution in [0.4, 0.5) is 0 Å². The van der Waals surface area contributed by atoms with Gasteiger partial charge in [0, 0.05) is 36.4 Å². The molecule has 4 aromatic rings. The lowest BCUT2D eigenvalue weighted by molar-refractivity contribution is -0.145. The highest BCUT2D eigenvalue weighted by Gasteiger charge is 2.38. The van der Waals surface area contributed by atoms with E-state index in [4.69, 9.17) is 11.5 Å². The van der Waals surface area contributed by atoms with Crippen LogP contribution in [0, 0.1) is 5.92 Å². The highest BCUT2D eigenvalue weighted by atomic mass is 16.4. The number of carboxylic acid groups (broad SMARTS) is 1. The van der Waals surface area contributed by atoms with Crippen LogP contribution in [0.3, 0.4) is 0 Å². The number of aliphatic hydroxyl groups excluding tert-OH is 4. The van der Waals surface area contributed by atoms with E-state index >= 15 is 0 Å². The number of benzene rings is 3. The molecule has 0 fully saturated rings. The molecule has 12 atom stereocenters. The van der Waals surface area contributed by atoms with Crippen LogP contribution >= 0.6 is 0 Å². The summed E-state index contributed by atoms with van der Waals surface area (Å²) in [6.07, 6.45) is -3.24. The topological polar surface area (TPSA) is 505 Å². The van der Waals surface area contributed by atoms with Crippen LogP contribution < -0.4 is 59.3 Å². The normalized spacial score (nSPS) is 15.4. The van der Waals surface area contributed by atoms with Crippen LogP contribution in [0.25, 0.3) is 10.9 Å². The summed E-state index contributed by atoms with van der Waals surface area (Å²) in [6.45, 7) is 2.56. The van der Waals surface area contributed by atoms with Crippen LogP contribution in [0.2, 0.25) is 0 Å². The number of primary amides is 1. The van der Waals surface area contributed by atoms with Crippen LogP contribution in [-0.2, 0) is 72.0 Å². The summed E-state index contributed by atoms with van der Waals surface area (Å²) in [5.74, 6) is -13.5. The van der Waals surface area contributed by atoms with Crippen molar-refractivity contribution in [2.75, 3.05) is 19.8 Å². The second kappa shape index (κ2) is 32.6. The molecular weight excluding hydrogens is 1120 g/mol. The summed E-state index contributed by atoms with van der Waals surface area (Å²) in [5.41, 5.74) is 12.3. The zero-order chi connectivity index (χ0) is 63.2. The number of phenolic OH excluding ortho intramolecular Hbond substituents is 2. The molecular formula is C55H74N12O18. The van der Waals surface area contributed by atoms with Gasteiger partial charge in [0.05, 0.1) is 38.4 Å². The summed E-state index contributed by atoms with van der Waals surface area (Å²) in [4.78, 5) is 150. The monoisotopic (exact) mass is 1190 g/mol. The van der Waals surface area contributed by atoms with E-state index < -0.39 is 164 Å². The van der Waals surface area contributed by atoms with E-state index in [2.05, 4.69) is 52.8 Å². The molecule has 10 amide bonds. The number of carbonyl (C=O) groups excluding carboxylic acids is 10. The fraction of sp³-hybridized carbons (Fsp3) is 0.436. The van der Waals surface area contributed by atoms with Crippen molar-refractivity contribution in [1.82, 2.24) is 52.8 Å². The molecule has 85 heavy (non-hydrogen) atoms. The molecule has 21 N–H and O–H groups in total. The molecule has 1 aromatic heterocycles. The Kier molecular flexibility index (Phi) is 26.2. The summed E-state index contributed by atoms with van der Waals surface area (Å²) in [5, 5.41) is 93.2. The zero-order valence-electron chi connectivity index (χ0n) is 46.9. The average Bonchev–Trinajstić information content (AvgIpc) is 3.95. The number of carboxylic acids is 1. The number of hydrogen-bond donors (Lipinski definition) is 19. The third-order valence-corrected chi connectivity index (χ3v) is 13.5. The number of aromatic hydroxyl groups is 2. The quantitative estimate of drug-likeness (QED) is 0.0212. The number of hydrogen-bond acceptors (Lipinski definition) is 18.